The van der Waals surface area contributed by atoms with Crippen LogP contribution in [0.3, 0.4) is 0 Å². The number of benzene rings is 1. The maximum Gasteiger partial charge on any atom is 0.358 e. The average Bonchev–Trinajstić information content (AvgIpc) is 3.12. The molecule has 6 heteroatoms. The summed E-state index contributed by atoms with van der Waals surface area (Å²) in [7, 11) is 0. The molecule has 1 aliphatic rings. The molecular formula is C23H20ClN3O2. The van der Waals surface area contributed by atoms with E-state index >= 15 is 0 Å². The van der Waals surface area contributed by atoms with Gasteiger partial charge in [0, 0.05) is 28.2 Å². The van der Waals surface area contributed by atoms with Crippen molar-refractivity contribution in [3.63, 3.8) is 0 Å². The fraction of sp³-hybridized carbons (Fsp3) is 0.261. The molecule has 0 amide bonds. The third-order valence-corrected chi connectivity index (χ3v) is 5.83. The van der Waals surface area contributed by atoms with Gasteiger partial charge >= 0.3 is 5.97 Å². The molecule has 1 saturated carbocycles. The van der Waals surface area contributed by atoms with E-state index in [0.717, 1.165) is 40.7 Å². The molecule has 0 spiro atoms. The number of imidazole rings is 1. The van der Waals surface area contributed by atoms with Crippen LogP contribution >= 0.6 is 11.6 Å². The largest absolute Gasteiger partial charge is 0.461 e. The molecule has 0 aliphatic heterocycles. The van der Waals surface area contributed by atoms with Crippen molar-refractivity contribution in [3.05, 3.63) is 65.1 Å². The highest BCUT2D eigenvalue weighted by molar-refractivity contribution is 6.30. The van der Waals surface area contributed by atoms with Gasteiger partial charge < -0.3 is 4.74 Å². The standard InChI is InChI=1S/C23H20ClN3O2/c1-2-29-23(28)20-13-27-21(25-20)11-10-17-18(14-6-8-16(24)9-7-14)12-19(26-22(17)27)15-4-3-5-15/h6-13,15H,2-5H2,1H3. The summed E-state index contributed by atoms with van der Waals surface area (Å²) in [5, 5.41) is 1.72. The molecule has 5 nitrogen and oxygen atoms in total. The van der Waals surface area contributed by atoms with Crippen molar-refractivity contribution in [1.29, 1.82) is 0 Å². The fourth-order valence-corrected chi connectivity index (χ4v) is 3.96. The first kappa shape index (κ1) is 18.1. The zero-order valence-corrected chi connectivity index (χ0v) is 16.8. The van der Waals surface area contributed by atoms with Crippen molar-refractivity contribution in [3.8, 4) is 11.1 Å². The summed E-state index contributed by atoms with van der Waals surface area (Å²) >= 11 is 6.10. The SMILES string of the molecule is CCOC(=O)c1cn2c(ccc3c(-c4ccc(Cl)cc4)cc(C4CCC4)nc32)n1. The van der Waals surface area contributed by atoms with Gasteiger partial charge in [0.1, 0.15) is 11.3 Å². The van der Waals surface area contributed by atoms with Crippen LogP contribution in [0.1, 0.15) is 48.3 Å². The van der Waals surface area contributed by atoms with Crippen molar-refractivity contribution >= 4 is 34.3 Å². The van der Waals surface area contributed by atoms with E-state index in [-0.39, 0.29) is 0 Å². The average molecular weight is 406 g/mol. The number of rotatable bonds is 4. The lowest BCUT2D eigenvalue weighted by Crippen LogP contribution is -2.11. The summed E-state index contributed by atoms with van der Waals surface area (Å²) in [4.78, 5) is 21.6. The van der Waals surface area contributed by atoms with E-state index < -0.39 is 5.97 Å². The Kier molecular flexibility index (Phi) is 4.47. The second kappa shape index (κ2) is 7.16. The molecule has 0 N–H and O–H groups in total. The Morgan fingerprint density at radius 1 is 1.17 bits per heavy atom. The first-order chi connectivity index (χ1) is 14.1. The molecule has 1 aliphatic carbocycles. The van der Waals surface area contributed by atoms with Crippen LogP contribution in [0.4, 0.5) is 0 Å². The Labute approximate surface area is 173 Å². The molecule has 5 rings (SSSR count). The molecule has 0 saturated heterocycles. The zero-order valence-electron chi connectivity index (χ0n) is 16.1. The number of esters is 1. The summed E-state index contributed by atoms with van der Waals surface area (Å²) in [5.41, 5.74) is 5.07. The highest BCUT2D eigenvalue weighted by Gasteiger charge is 2.23. The third-order valence-electron chi connectivity index (χ3n) is 5.58. The Morgan fingerprint density at radius 3 is 2.66 bits per heavy atom. The van der Waals surface area contributed by atoms with Gasteiger partial charge in [-0.05, 0) is 61.2 Å². The second-order valence-corrected chi connectivity index (χ2v) is 7.81. The third kappa shape index (κ3) is 3.15. The van der Waals surface area contributed by atoms with Gasteiger partial charge in [0.05, 0.1) is 6.61 Å². The number of nitrogens with zero attached hydrogens (tertiary/aromatic N) is 3. The highest BCUT2D eigenvalue weighted by Crippen LogP contribution is 2.39. The van der Waals surface area contributed by atoms with Crippen molar-refractivity contribution in [1.82, 2.24) is 14.4 Å². The molecule has 0 atom stereocenters. The van der Waals surface area contributed by atoms with E-state index in [9.17, 15) is 4.79 Å². The van der Waals surface area contributed by atoms with E-state index in [1.165, 1.54) is 6.42 Å². The molecule has 0 bridgehead atoms. The zero-order chi connectivity index (χ0) is 20.0. The number of pyridine rings is 2. The van der Waals surface area contributed by atoms with Gasteiger partial charge in [-0.2, -0.15) is 0 Å². The summed E-state index contributed by atoms with van der Waals surface area (Å²) in [5.74, 6) is 0.0613. The molecule has 3 aromatic heterocycles. The molecule has 3 heterocycles. The normalized spacial score (nSPS) is 14.3. The van der Waals surface area contributed by atoms with Crippen LogP contribution < -0.4 is 0 Å². The lowest BCUT2D eigenvalue weighted by molar-refractivity contribution is 0.0520. The number of fused-ring (bicyclic) bond motifs is 3. The molecule has 146 valence electrons. The predicted molar refractivity (Wildman–Crippen MR) is 113 cm³/mol. The van der Waals surface area contributed by atoms with E-state index in [1.54, 1.807) is 13.1 Å². The maximum atomic E-state index is 12.2. The van der Waals surface area contributed by atoms with Crippen molar-refractivity contribution in [2.24, 2.45) is 0 Å². The summed E-state index contributed by atoms with van der Waals surface area (Å²) in [6, 6.07) is 14.0. The lowest BCUT2D eigenvalue weighted by Gasteiger charge is -2.25. The predicted octanol–water partition coefficient (Wildman–Crippen LogP) is 5.65. The first-order valence-corrected chi connectivity index (χ1v) is 10.3. The first-order valence-electron chi connectivity index (χ1n) is 9.90. The monoisotopic (exact) mass is 405 g/mol. The highest BCUT2D eigenvalue weighted by atomic mass is 35.5. The number of hydrogen-bond acceptors (Lipinski definition) is 4. The number of aromatic nitrogens is 3. The van der Waals surface area contributed by atoms with Crippen LogP contribution in [0.15, 0.2) is 48.7 Å². The molecule has 29 heavy (non-hydrogen) atoms. The van der Waals surface area contributed by atoms with Gasteiger partial charge in [-0.15, -0.1) is 0 Å². The van der Waals surface area contributed by atoms with Crippen molar-refractivity contribution in [2.75, 3.05) is 6.61 Å². The van der Waals surface area contributed by atoms with Crippen molar-refractivity contribution in [2.45, 2.75) is 32.1 Å². The minimum absolute atomic E-state index is 0.295. The van der Waals surface area contributed by atoms with Gasteiger partial charge in [-0.1, -0.05) is 30.2 Å². The Hall–Kier alpha value is -2.92. The maximum absolute atomic E-state index is 12.2. The van der Waals surface area contributed by atoms with Crippen LogP contribution in [0.25, 0.3) is 27.8 Å². The quantitative estimate of drug-likeness (QED) is 0.412. The Morgan fingerprint density at radius 2 is 1.97 bits per heavy atom. The second-order valence-electron chi connectivity index (χ2n) is 7.37. The van der Waals surface area contributed by atoms with E-state index in [2.05, 4.69) is 11.1 Å². The topological polar surface area (TPSA) is 56.5 Å². The van der Waals surface area contributed by atoms with Crippen molar-refractivity contribution < 1.29 is 9.53 Å². The number of halogens is 1. The van der Waals surface area contributed by atoms with Gasteiger partial charge in [0.25, 0.3) is 0 Å². The van der Waals surface area contributed by atoms with Gasteiger partial charge in [0.15, 0.2) is 5.69 Å². The van der Waals surface area contributed by atoms with E-state index in [4.69, 9.17) is 21.3 Å². The van der Waals surface area contributed by atoms with Crippen LogP contribution in [0.2, 0.25) is 5.02 Å². The van der Waals surface area contributed by atoms with Crippen LogP contribution in [-0.4, -0.2) is 26.9 Å². The molecule has 0 unspecified atom stereocenters. The smallest absolute Gasteiger partial charge is 0.358 e. The molecule has 1 fully saturated rings. The number of hydrogen-bond donors (Lipinski definition) is 0. The fourth-order valence-electron chi connectivity index (χ4n) is 3.83. The summed E-state index contributed by atoms with van der Waals surface area (Å²) in [6.45, 7) is 2.10. The lowest BCUT2D eigenvalue weighted by atomic mass is 9.82. The van der Waals surface area contributed by atoms with E-state index in [1.807, 2.05) is 40.8 Å². The van der Waals surface area contributed by atoms with Gasteiger partial charge in [0.2, 0.25) is 0 Å². The van der Waals surface area contributed by atoms with E-state index in [0.29, 0.717) is 28.9 Å². The van der Waals surface area contributed by atoms with Crippen LogP contribution in [0, 0.1) is 0 Å². The Balaban J connectivity index is 1.76. The number of ether oxygens (including phenoxy) is 1. The van der Waals surface area contributed by atoms with Gasteiger partial charge in [-0.25, -0.2) is 14.8 Å². The summed E-state index contributed by atoms with van der Waals surface area (Å²) < 4.78 is 7.01. The summed E-state index contributed by atoms with van der Waals surface area (Å²) in [6.07, 6.45) is 5.28. The minimum atomic E-state index is -0.419. The Bertz CT molecular complexity index is 1230. The number of carbonyl (C=O) groups is 1. The molecule has 0 radical (unpaired) electrons. The van der Waals surface area contributed by atoms with Crippen LogP contribution in [-0.2, 0) is 4.74 Å². The number of carbonyl (C=O) groups excluding carboxylic acids is 1. The minimum Gasteiger partial charge on any atom is -0.461 e. The molecular weight excluding hydrogens is 386 g/mol. The van der Waals surface area contributed by atoms with Gasteiger partial charge in [-0.3, -0.25) is 4.40 Å². The van der Waals surface area contributed by atoms with Crippen LogP contribution in [0.5, 0.6) is 0 Å². The molecule has 4 aromatic rings. The molecule has 1 aromatic carbocycles.